The number of aromatic nitrogens is 5. The Bertz CT molecular complexity index is 6860. The van der Waals surface area contributed by atoms with Crippen LogP contribution in [0.2, 0.25) is 0 Å². The molecule has 0 amide bonds. The average Bonchev–Trinajstić information content (AvgIpc) is 1.56. The van der Waals surface area contributed by atoms with Crippen molar-refractivity contribution in [1.82, 2.24) is 22.4 Å². The molecule has 4 bridgehead atoms. The van der Waals surface area contributed by atoms with E-state index in [-0.39, 0.29) is 0 Å². The minimum Gasteiger partial charge on any atom is -0.400 e. The first-order chi connectivity index (χ1) is 53.7. The van der Waals surface area contributed by atoms with Crippen LogP contribution in [0.4, 0.5) is 25.9 Å². The Hall–Kier alpha value is -13.5. The molecule has 0 fully saturated rings. The van der Waals surface area contributed by atoms with Gasteiger partial charge in [-0.1, -0.05) is 108 Å². The van der Waals surface area contributed by atoms with Gasteiger partial charge in [-0.15, -0.1) is 0 Å². The van der Waals surface area contributed by atoms with Gasteiger partial charge in [0.05, 0.1) is 28.1 Å². The van der Waals surface area contributed by atoms with Crippen LogP contribution < -0.4 is 10.7 Å². The van der Waals surface area contributed by atoms with Crippen molar-refractivity contribution < 1.29 is 44.0 Å². The van der Waals surface area contributed by atoms with Gasteiger partial charge in [0.1, 0.15) is 17.1 Å². The smallest absolute Gasteiger partial charge is 0.400 e. The molecular weight excluding hydrogens is 1390 g/mol. The summed E-state index contributed by atoms with van der Waals surface area (Å²) in [4.78, 5) is 5.54. The lowest BCUT2D eigenvalue weighted by molar-refractivity contribution is -0.362. The SMILES string of the molecule is COB1n2c3ccc2C(c2ccc(C#Cc4ccc(C5=C6C=CC(C)=[N+]6[B-](F)(F)n6c(C)ccc65)cc4)cc2)=c2ccc(n21)=C(c1ccc(C#Cc2ccc(C4=C5C=CC(C)=[N+]5[B-](F)(F)n5c(C)ccc54)cc2)cc1)C1=NC(=C3c2ccc(C#Cc3ccc(C4=C5C=CC(C)=[N+]5[B-](F)(F)n5c(C)ccc54)cc3)cc2)C=C1. The zero-order valence-electron chi connectivity index (χ0n) is 61.3. The Morgan fingerprint density at radius 3 is 0.928 bits per heavy atom. The topological polar surface area (TPSA) is 55.3 Å². The number of aryl methyl sites for hydroxylation is 3. The standard InChI is InChI=1S/C91H63B4F6N9O/c1-56-8-46-80-89(81-47-9-57(2)106(81)93(96,97)105(56)80)71-38-26-65(27-39-71)16-14-62-20-32-68(33-21-62)86-74-44-45-75(102-74)87(69-34-22-63(23-35-69)15-17-66-28-40-72(41-29-66)90-82-48-10-58(3)107(82)94(98,99)108-59(4)11-49-83(90)108)77-53-55-79-88(78-54-52-76(86)103(78)92(111-7)104(77)79)70-36-24-64(25-37-70)18-19-67-30-42-73(43-31-67)91-84-50-12-60(5)109(84)95(100,101)110-61(6)13-51-85(91)110/h8-13,20-55H,1-7H3. The third-order valence-electron chi connectivity index (χ3n) is 22.9. The molecule has 0 N–H and O–H groups in total. The van der Waals surface area contributed by atoms with E-state index < -0.39 is 28.1 Å². The molecule has 0 aliphatic carbocycles. The lowest BCUT2D eigenvalue weighted by Gasteiger charge is -2.32. The largest absolute Gasteiger partial charge is 0.737 e. The molecule has 0 unspecified atom stereocenters. The van der Waals surface area contributed by atoms with Crippen molar-refractivity contribution in [3.05, 3.63) is 401 Å². The molecule has 9 aliphatic heterocycles. The number of hydrogen-bond donors (Lipinski definition) is 0. The van der Waals surface area contributed by atoms with Gasteiger partial charge in [0.15, 0.2) is 17.1 Å². The van der Waals surface area contributed by atoms with Crippen LogP contribution in [-0.4, -0.2) is 93.9 Å². The van der Waals surface area contributed by atoms with Gasteiger partial charge in [-0.3, -0.25) is 0 Å². The first-order valence-electron chi connectivity index (χ1n) is 36.9. The maximum Gasteiger partial charge on any atom is 0.737 e. The van der Waals surface area contributed by atoms with Gasteiger partial charge in [0.2, 0.25) is 0 Å². The summed E-state index contributed by atoms with van der Waals surface area (Å²) < 4.78 is 115. The van der Waals surface area contributed by atoms with Crippen molar-refractivity contribution in [2.45, 2.75) is 41.5 Å². The summed E-state index contributed by atoms with van der Waals surface area (Å²) in [5.41, 5.74) is 24.0. The molecule has 0 spiro atoms. The molecule has 111 heavy (non-hydrogen) atoms. The first kappa shape index (κ1) is 66.9. The van der Waals surface area contributed by atoms with Crippen LogP contribution in [-0.2, 0) is 4.65 Å². The van der Waals surface area contributed by atoms with Crippen molar-refractivity contribution >= 4 is 84.4 Å². The highest BCUT2D eigenvalue weighted by Gasteiger charge is 2.56. The Balaban J connectivity index is 0.654. The quantitative estimate of drug-likeness (QED) is 0.0891. The molecular formula is C91H63B4F6N9O. The third-order valence-corrected chi connectivity index (χ3v) is 22.9. The number of aliphatic imine (C=N–C) groups is 1. The molecule has 532 valence electrons. The van der Waals surface area contributed by atoms with Gasteiger partial charge in [0.25, 0.3) is 0 Å². The maximum atomic E-state index is 16.1. The van der Waals surface area contributed by atoms with E-state index in [9.17, 15) is 0 Å². The molecule has 20 heteroatoms. The number of allylic oxidation sites excluding steroid dienone is 8. The molecule has 20 rings (SSSR count). The van der Waals surface area contributed by atoms with Crippen molar-refractivity contribution in [2.75, 3.05) is 7.11 Å². The molecule has 0 saturated heterocycles. The summed E-state index contributed by atoms with van der Waals surface area (Å²) in [5.74, 6) is 20.3. The van der Waals surface area contributed by atoms with Gasteiger partial charge in [-0.25, -0.2) is 4.99 Å². The predicted molar refractivity (Wildman–Crippen MR) is 431 cm³/mol. The van der Waals surface area contributed by atoms with E-state index in [1.165, 1.54) is 26.9 Å². The van der Waals surface area contributed by atoms with E-state index >= 15 is 25.9 Å². The zero-order chi connectivity index (χ0) is 75.8. The summed E-state index contributed by atoms with van der Waals surface area (Å²) in [6, 6.07) is 67.2. The fourth-order valence-electron chi connectivity index (χ4n) is 17.8. The van der Waals surface area contributed by atoms with Crippen molar-refractivity contribution in [2.24, 2.45) is 4.99 Å². The molecule has 9 aliphatic rings. The van der Waals surface area contributed by atoms with Crippen molar-refractivity contribution in [3.63, 3.8) is 0 Å². The molecule has 5 aromatic heterocycles. The van der Waals surface area contributed by atoms with Crippen molar-refractivity contribution in [1.29, 1.82) is 0 Å². The molecule has 10 nitrogen and oxygen atoms in total. The molecule has 14 heterocycles. The normalized spacial score (nSPS) is 17.2. The van der Waals surface area contributed by atoms with E-state index in [2.05, 4.69) is 117 Å². The fraction of sp³-hybridized carbons (Fsp3) is 0.0769. The minimum atomic E-state index is -4.07. The minimum absolute atomic E-state index is 0.481. The third kappa shape index (κ3) is 10.1. The van der Waals surface area contributed by atoms with Crippen LogP contribution in [0.1, 0.15) is 133 Å². The van der Waals surface area contributed by atoms with Gasteiger partial charge < -0.3 is 66.4 Å². The van der Waals surface area contributed by atoms with Gasteiger partial charge in [-0.05, 0) is 217 Å². The molecule has 0 radical (unpaired) electrons. The second kappa shape index (κ2) is 24.5. The molecule has 11 aromatic rings. The lowest BCUT2D eigenvalue weighted by Crippen LogP contribution is -2.52. The number of rotatable bonds is 7. The van der Waals surface area contributed by atoms with Crippen molar-refractivity contribution in [3.8, 4) is 35.5 Å². The average molecular weight is 1460 g/mol. The summed E-state index contributed by atoms with van der Waals surface area (Å²) in [6.45, 7) is -1.90. The molecule has 0 atom stereocenters. The van der Waals surface area contributed by atoms with E-state index in [4.69, 9.17) is 9.65 Å². The number of nitrogens with zero attached hydrogens (tertiary/aromatic N) is 9. The number of benzene rings is 6. The van der Waals surface area contributed by atoms with Crippen LogP contribution >= 0.6 is 0 Å². The van der Waals surface area contributed by atoms with Gasteiger partial charge in [-0.2, -0.15) is 0 Å². The highest BCUT2D eigenvalue weighted by Crippen LogP contribution is 2.45. The second-order valence-corrected chi connectivity index (χ2v) is 29.3. The second-order valence-electron chi connectivity index (χ2n) is 29.3. The first-order valence-corrected chi connectivity index (χ1v) is 36.9. The van der Waals surface area contributed by atoms with Crippen LogP contribution in [0.3, 0.4) is 0 Å². The predicted octanol–water partition coefficient (Wildman–Crippen LogP) is 15.5. The summed E-state index contributed by atoms with van der Waals surface area (Å²) >= 11 is 0. The monoisotopic (exact) mass is 1460 g/mol. The van der Waals surface area contributed by atoms with Crippen LogP contribution in [0.25, 0.3) is 33.4 Å². The molecule has 6 aromatic carbocycles. The lowest BCUT2D eigenvalue weighted by atomic mass is 9.85. The highest BCUT2D eigenvalue weighted by molar-refractivity contribution is 6.59. The van der Waals surface area contributed by atoms with E-state index in [0.717, 1.165) is 134 Å². The highest BCUT2D eigenvalue weighted by atomic mass is 19.3. The number of hydrogen-bond acceptors (Lipinski definition) is 2. The van der Waals surface area contributed by atoms with Gasteiger partial charge >= 0.3 is 28.1 Å². The summed E-state index contributed by atoms with van der Waals surface area (Å²) in [6.07, 6.45) is 14.7. The zero-order valence-corrected chi connectivity index (χ0v) is 61.3. The maximum absolute atomic E-state index is 16.1. The number of halogens is 6. The molecule has 0 saturated carbocycles. The van der Waals surface area contributed by atoms with E-state index in [1.807, 2.05) is 109 Å². The van der Waals surface area contributed by atoms with Gasteiger partial charge in [0, 0.05) is 154 Å². The van der Waals surface area contributed by atoms with E-state index in [1.54, 1.807) is 122 Å². The Morgan fingerprint density at radius 1 is 0.306 bits per heavy atom. The number of fused-ring (bicyclic) bond motifs is 7. The van der Waals surface area contributed by atoms with Crippen LogP contribution in [0, 0.1) is 56.3 Å². The fourth-order valence-corrected chi connectivity index (χ4v) is 17.8. The van der Waals surface area contributed by atoms with E-state index in [0.29, 0.717) is 68.4 Å². The Labute approximate surface area is 637 Å². The summed E-state index contributed by atoms with van der Waals surface area (Å²) in [5, 5.41) is 1.81. The van der Waals surface area contributed by atoms with Crippen LogP contribution in [0.5, 0.6) is 0 Å². The Morgan fingerprint density at radius 2 is 0.595 bits per heavy atom. The Kier molecular flexibility index (Phi) is 14.8. The summed E-state index contributed by atoms with van der Waals surface area (Å²) in [7, 11) is 1.06. The van der Waals surface area contributed by atoms with Crippen LogP contribution in [0.15, 0.2) is 283 Å².